The largest absolute Gasteiger partial charge is 0.454 e. The molecular weight excluding hydrogens is 430 g/mol. The summed E-state index contributed by atoms with van der Waals surface area (Å²) in [6.45, 7) is 7.15. The van der Waals surface area contributed by atoms with Gasteiger partial charge in [-0.2, -0.15) is 0 Å². The fraction of sp³-hybridized carbons (Fsp3) is 0.435. The molecule has 1 fully saturated rings. The summed E-state index contributed by atoms with van der Waals surface area (Å²) in [4.78, 5) is 17.2. The highest BCUT2D eigenvalue weighted by Crippen LogP contribution is 2.33. The van der Waals surface area contributed by atoms with Crippen LogP contribution in [0, 0.1) is 6.92 Å². The molecule has 0 saturated carbocycles. The van der Waals surface area contributed by atoms with Gasteiger partial charge in [0.2, 0.25) is 22.7 Å². The van der Waals surface area contributed by atoms with E-state index in [1.165, 1.54) is 4.31 Å². The number of fused-ring (bicyclic) bond motifs is 1. The third kappa shape index (κ3) is 4.83. The van der Waals surface area contributed by atoms with Gasteiger partial charge in [0, 0.05) is 32.7 Å². The van der Waals surface area contributed by atoms with E-state index in [0.29, 0.717) is 18.8 Å². The topological polar surface area (TPSA) is 79.4 Å². The van der Waals surface area contributed by atoms with Crippen molar-refractivity contribution >= 4 is 21.6 Å². The van der Waals surface area contributed by atoms with Crippen molar-refractivity contribution in [2.45, 2.75) is 26.4 Å². The van der Waals surface area contributed by atoms with Crippen LogP contribution in [0.15, 0.2) is 42.5 Å². The molecule has 1 amide bonds. The van der Waals surface area contributed by atoms with Crippen LogP contribution in [0.1, 0.15) is 18.1 Å². The lowest BCUT2D eigenvalue weighted by molar-refractivity contribution is -0.133. The Labute approximate surface area is 189 Å². The van der Waals surface area contributed by atoms with Gasteiger partial charge in [-0.3, -0.25) is 14.0 Å². The van der Waals surface area contributed by atoms with Gasteiger partial charge in [0.25, 0.3) is 0 Å². The number of rotatable bonds is 6. The highest BCUT2D eigenvalue weighted by molar-refractivity contribution is 7.92. The van der Waals surface area contributed by atoms with Crippen LogP contribution in [0.5, 0.6) is 11.5 Å². The third-order valence-corrected chi connectivity index (χ3v) is 7.12. The molecule has 9 heteroatoms. The number of hydrogen-bond acceptors (Lipinski definition) is 6. The maximum absolute atomic E-state index is 13.2. The number of hydrogen-bond donors (Lipinski definition) is 0. The van der Waals surface area contributed by atoms with Crippen molar-refractivity contribution in [3.05, 3.63) is 53.6 Å². The van der Waals surface area contributed by atoms with Gasteiger partial charge in [-0.15, -0.1) is 0 Å². The van der Waals surface area contributed by atoms with Gasteiger partial charge in [-0.1, -0.05) is 23.8 Å². The molecule has 2 heterocycles. The van der Waals surface area contributed by atoms with Crippen LogP contribution in [-0.2, 0) is 21.4 Å². The molecule has 0 aromatic heterocycles. The first kappa shape index (κ1) is 22.4. The molecule has 0 radical (unpaired) electrons. The normalized spacial score (nSPS) is 17.3. The van der Waals surface area contributed by atoms with Crippen LogP contribution < -0.4 is 13.8 Å². The Morgan fingerprint density at radius 3 is 2.34 bits per heavy atom. The molecular formula is C23H29N3O5S. The maximum atomic E-state index is 13.2. The van der Waals surface area contributed by atoms with Gasteiger partial charge < -0.3 is 14.4 Å². The molecule has 8 nitrogen and oxygen atoms in total. The minimum absolute atomic E-state index is 0.182. The Kier molecular flexibility index (Phi) is 6.30. The summed E-state index contributed by atoms with van der Waals surface area (Å²) in [7, 11) is -3.62. The zero-order valence-corrected chi connectivity index (χ0v) is 19.5. The predicted molar refractivity (Wildman–Crippen MR) is 122 cm³/mol. The fourth-order valence-electron chi connectivity index (χ4n) is 4.18. The minimum atomic E-state index is -3.62. The molecule has 0 bridgehead atoms. The summed E-state index contributed by atoms with van der Waals surface area (Å²) >= 11 is 0. The number of carbonyl (C=O) groups is 1. The quantitative estimate of drug-likeness (QED) is 0.659. The van der Waals surface area contributed by atoms with Crippen LogP contribution in [0.25, 0.3) is 0 Å². The summed E-state index contributed by atoms with van der Waals surface area (Å²) in [5, 5.41) is 0. The van der Waals surface area contributed by atoms with Gasteiger partial charge in [0.15, 0.2) is 11.5 Å². The van der Waals surface area contributed by atoms with E-state index in [9.17, 15) is 13.2 Å². The van der Waals surface area contributed by atoms with E-state index in [-0.39, 0.29) is 12.7 Å². The number of nitrogens with zero attached hydrogens (tertiary/aromatic N) is 3. The van der Waals surface area contributed by atoms with Gasteiger partial charge in [0.05, 0.1) is 11.9 Å². The molecule has 1 unspecified atom stereocenters. The van der Waals surface area contributed by atoms with Gasteiger partial charge in [-0.05, 0) is 43.7 Å². The first-order chi connectivity index (χ1) is 15.2. The van der Waals surface area contributed by atoms with Crippen molar-refractivity contribution < 1.29 is 22.7 Å². The van der Waals surface area contributed by atoms with Crippen molar-refractivity contribution in [3.8, 4) is 11.5 Å². The SMILES string of the molecule is Cc1ccc(N(C(C)C(=O)N2CCN(Cc3ccc4c(c3)OCO4)CC2)S(C)(=O)=O)cc1. The van der Waals surface area contributed by atoms with Gasteiger partial charge in [-0.25, -0.2) is 8.42 Å². The number of amides is 1. The zero-order chi connectivity index (χ0) is 22.9. The van der Waals surface area contributed by atoms with E-state index in [4.69, 9.17) is 9.47 Å². The third-order valence-electron chi connectivity index (χ3n) is 5.88. The summed E-state index contributed by atoms with van der Waals surface area (Å²) < 4.78 is 37.0. The monoisotopic (exact) mass is 459 g/mol. The number of benzene rings is 2. The Morgan fingerprint density at radius 1 is 1.03 bits per heavy atom. The van der Waals surface area contributed by atoms with Crippen molar-refractivity contribution in [2.24, 2.45) is 0 Å². The van der Waals surface area contributed by atoms with Crippen LogP contribution in [0.2, 0.25) is 0 Å². The Morgan fingerprint density at radius 2 is 1.69 bits per heavy atom. The molecule has 4 rings (SSSR count). The van der Waals surface area contributed by atoms with Crippen LogP contribution in [-0.4, -0.2) is 69.4 Å². The molecule has 32 heavy (non-hydrogen) atoms. The fourth-order valence-corrected chi connectivity index (χ4v) is 5.35. The second kappa shape index (κ2) is 8.99. The average Bonchev–Trinajstić information content (AvgIpc) is 3.22. The molecule has 0 N–H and O–H groups in total. The van der Waals surface area contributed by atoms with Crippen molar-refractivity contribution in [3.63, 3.8) is 0 Å². The lowest BCUT2D eigenvalue weighted by Crippen LogP contribution is -2.55. The first-order valence-corrected chi connectivity index (χ1v) is 12.5. The lowest BCUT2D eigenvalue weighted by Gasteiger charge is -2.38. The lowest BCUT2D eigenvalue weighted by atomic mass is 10.1. The number of carbonyl (C=O) groups excluding carboxylic acids is 1. The summed E-state index contributed by atoms with van der Waals surface area (Å²) in [5.41, 5.74) is 2.66. The number of ether oxygens (including phenoxy) is 2. The van der Waals surface area contributed by atoms with Crippen molar-refractivity contribution in [2.75, 3.05) is 43.5 Å². The van der Waals surface area contributed by atoms with Crippen LogP contribution in [0.3, 0.4) is 0 Å². The second-order valence-corrected chi connectivity index (χ2v) is 10.2. The van der Waals surface area contributed by atoms with E-state index >= 15 is 0 Å². The highest BCUT2D eigenvalue weighted by atomic mass is 32.2. The average molecular weight is 460 g/mol. The summed E-state index contributed by atoms with van der Waals surface area (Å²) in [6, 6.07) is 12.3. The Balaban J connectivity index is 1.39. The molecule has 172 valence electrons. The smallest absolute Gasteiger partial charge is 0.246 e. The molecule has 1 atom stereocenters. The predicted octanol–water partition coefficient (Wildman–Crippen LogP) is 2.22. The maximum Gasteiger partial charge on any atom is 0.246 e. The molecule has 2 aromatic rings. The summed E-state index contributed by atoms with van der Waals surface area (Å²) in [6.07, 6.45) is 1.14. The second-order valence-electron chi connectivity index (χ2n) is 8.36. The number of anilines is 1. The van der Waals surface area contributed by atoms with Crippen LogP contribution in [0.4, 0.5) is 5.69 Å². The van der Waals surface area contributed by atoms with E-state index in [0.717, 1.165) is 48.5 Å². The minimum Gasteiger partial charge on any atom is -0.454 e. The molecule has 1 saturated heterocycles. The molecule has 2 aliphatic heterocycles. The summed E-state index contributed by atoms with van der Waals surface area (Å²) in [5.74, 6) is 1.35. The van der Waals surface area contributed by atoms with Crippen LogP contribution >= 0.6 is 0 Å². The standard InChI is InChI=1S/C23H29N3O5S/c1-17-4-7-20(8-5-17)26(32(3,28)29)18(2)23(27)25-12-10-24(11-13-25)15-19-6-9-21-22(14-19)31-16-30-21/h4-9,14,18H,10-13,15-16H2,1-3H3. The number of aryl methyl sites for hydroxylation is 1. The zero-order valence-electron chi connectivity index (χ0n) is 18.7. The van der Waals surface area contributed by atoms with Gasteiger partial charge >= 0.3 is 0 Å². The van der Waals surface area contributed by atoms with Crippen molar-refractivity contribution in [1.29, 1.82) is 0 Å². The molecule has 2 aliphatic rings. The Bertz CT molecular complexity index is 1080. The first-order valence-electron chi connectivity index (χ1n) is 10.7. The van der Waals surface area contributed by atoms with E-state index in [1.807, 2.05) is 37.3 Å². The highest BCUT2D eigenvalue weighted by Gasteiger charge is 2.33. The van der Waals surface area contributed by atoms with E-state index in [2.05, 4.69) is 4.90 Å². The van der Waals surface area contributed by atoms with E-state index in [1.54, 1.807) is 24.0 Å². The number of sulfonamides is 1. The van der Waals surface area contributed by atoms with E-state index < -0.39 is 16.1 Å². The molecule has 0 aliphatic carbocycles. The van der Waals surface area contributed by atoms with Crippen molar-refractivity contribution in [1.82, 2.24) is 9.80 Å². The molecule has 2 aromatic carbocycles. The molecule has 0 spiro atoms. The Hall–Kier alpha value is -2.78. The number of piperazine rings is 1. The van der Waals surface area contributed by atoms with Gasteiger partial charge in [0.1, 0.15) is 6.04 Å².